The molecule has 7 heteroatoms. The Balaban J connectivity index is -0.000000490. The van der Waals surface area contributed by atoms with Crippen molar-refractivity contribution >= 4 is 35.0 Å². The fraction of sp³-hybridized carbons (Fsp3) is 0.917. The largest absolute Gasteiger partial charge is 2.00 e. The second-order valence-corrected chi connectivity index (χ2v) is 8.07. The minimum Gasteiger partial charge on any atom is -0.662 e. The van der Waals surface area contributed by atoms with Gasteiger partial charge in [0.05, 0.1) is 0 Å². The Bertz CT molecular complexity index is 332. The van der Waals surface area contributed by atoms with Crippen LogP contribution in [0.2, 0.25) is 0 Å². The molecule has 0 aromatic heterocycles. The summed E-state index contributed by atoms with van der Waals surface area (Å²) in [4.78, 5) is 27.6. The molecule has 0 aromatic carbocycles. The van der Waals surface area contributed by atoms with E-state index in [9.17, 15) is 20.1 Å². The molecule has 31 heavy (non-hydrogen) atoms. The van der Waals surface area contributed by atoms with E-state index in [1.807, 2.05) is 0 Å². The molecular formula is C24H46MgO6. The van der Waals surface area contributed by atoms with Crippen molar-refractivity contribution in [1.82, 2.24) is 0 Å². The quantitative estimate of drug-likeness (QED) is 0.110. The van der Waals surface area contributed by atoms with Gasteiger partial charge in [0.25, 0.3) is 11.9 Å². The molecule has 0 N–H and O–H groups in total. The van der Waals surface area contributed by atoms with Crippen LogP contribution in [0, 0.1) is 0 Å². The van der Waals surface area contributed by atoms with E-state index in [0.29, 0.717) is 0 Å². The summed E-state index contributed by atoms with van der Waals surface area (Å²) in [6.45, 7) is 4.43. The maximum absolute atomic E-state index is 10.5. The van der Waals surface area contributed by atoms with Crippen LogP contribution in [0.1, 0.15) is 142 Å². The molecule has 0 fully saturated rings. The van der Waals surface area contributed by atoms with Gasteiger partial charge in [-0.1, -0.05) is 117 Å². The number of hydrogen-bond acceptors (Lipinski definition) is 6. The summed E-state index contributed by atoms with van der Waals surface area (Å²) in [7, 11) is 0. The summed E-state index contributed by atoms with van der Waals surface area (Å²) in [5.74, 6) is -1.25. The molecule has 0 aromatic rings. The molecule has 0 aliphatic heterocycles. The van der Waals surface area contributed by atoms with Gasteiger partial charge in [-0.3, -0.25) is 9.59 Å². The fourth-order valence-electron chi connectivity index (χ4n) is 3.24. The summed E-state index contributed by atoms with van der Waals surface area (Å²) in [6.07, 6.45) is 22.2. The molecule has 0 unspecified atom stereocenters. The molecule has 0 saturated carbocycles. The van der Waals surface area contributed by atoms with Crippen LogP contribution in [0.4, 0.5) is 0 Å². The van der Waals surface area contributed by atoms with E-state index in [2.05, 4.69) is 23.6 Å². The first-order valence-corrected chi connectivity index (χ1v) is 12.3. The zero-order valence-corrected chi connectivity index (χ0v) is 21.7. The zero-order valence-electron chi connectivity index (χ0n) is 20.3. The van der Waals surface area contributed by atoms with Crippen molar-refractivity contribution in [2.75, 3.05) is 0 Å². The maximum Gasteiger partial charge on any atom is 2.00 e. The topological polar surface area (TPSA) is 98.7 Å². The van der Waals surface area contributed by atoms with Gasteiger partial charge in [0, 0.05) is 12.8 Å². The molecule has 0 amide bonds. The molecule has 0 atom stereocenters. The molecule has 180 valence electrons. The summed E-state index contributed by atoms with van der Waals surface area (Å²) in [6, 6.07) is 0. The average molecular weight is 455 g/mol. The SMILES string of the molecule is CCCCCCCCCCCC(=O)O[O-].CCCCCCCCCCCC(=O)O[O-].[Mg+2]. The van der Waals surface area contributed by atoms with Crippen molar-refractivity contribution in [3.05, 3.63) is 0 Å². The number of unbranched alkanes of at least 4 members (excludes halogenated alkanes) is 16. The Labute approximate surface area is 206 Å². The van der Waals surface area contributed by atoms with Gasteiger partial charge in [0.1, 0.15) is 0 Å². The van der Waals surface area contributed by atoms with Crippen molar-refractivity contribution in [1.29, 1.82) is 0 Å². The molecule has 0 radical (unpaired) electrons. The van der Waals surface area contributed by atoms with Crippen LogP contribution in [0.15, 0.2) is 0 Å². The Morgan fingerprint density at radius 1 is 0.484 bits per heavy atom. The van der Waals surface area contributed by atoms with E-state index in [4.69, 9.17) is 0 Å². The number of rotatable bonds is 20. The van der Waals surface area contributed by atoms with Gasteiger partial charge in [0.15, 0.2) is 0 Å². The molecule has 0 aliphatic carbocycles. The average Bonchev–Trinajstić information content (AvgIpc) is 2.76. The Hall–Kier alpha value is -0.374. The van der Waals surface area contributed by atoms with Crippen LogP contribution in [0.5, 0.6) is 0 Å². The molecule has 0 bridgehead atoms. The van der Waals surface area contributed by atoms with E-state index in [-0.39, 0.29) is 35.9 Å². The van der Waals surface area contributed by atoms with E-state index in [0.717, 1.165) is 38.5 Å². The first-order chi connectivity index (χ1) is 14.6. The summed E-state index contributed by atoms with van der Waals surface area (Å²) in [5.41, 5.74) is 0. The van der Waals surface area contributed by atoms with Crippen molar-refractivity contribution in [2.24, 2.45) is 0 Å². The van der Waals surface area contributed by atoms with Crippen molar-refractivity contribution in [3.63, 3.8) is 0 Å². The van der Waals surface area contributed by atoms with Crippen molar-refractivity contribution < 1.29 is 29.9 Å². The van der Waals surface area contributed by atoms with E-state index >= 15 is 0 Å². The molecule has 0 heterocycles. The second kappa shape index (κ2) is 31.8. The standard InChI is InChI=1S/2C12H24O3.Mg/c2*1-2-3-4-5-6-7-8-9-10-11-12(13)15-14;/h2*14H,2-11H2,1H3;/q;;+2/p-2. The van der Waals surface area contributed by atoms with Gasteiger partial charge in [-0.05, 0) is 12.8 Å². The summed E-state index contributed by atoms with van der Waals surface area (Å²) in [5, 5.41) is 19.3. The number of carbonyl (C=O) groups is 2. The van der Waals surface area contributed by atoms with Gasteiger partial charge >= 0.3 is 23.1 Å². The fourth-order valence-corrected chi connectivity index (χ4v) is 3.24. The van der Waals surface area contributed by atoms with Gasteiger partial charge in [-0.2, -0.15) is 0 Å². The normalized spacial score (nSPS) is 9.94. The number of carbonyl (C=O) groups excluding carboxylic acids is 2. The van der Waals surface area contributed by atoms with Crippen LogP contribution in [-0.2, 0) is 19.4 Å². The minimum atomic E-state index is -0.627. The second-order valence-electron chi connectivity index (χ2n) is 8.07. The van der Waals surface area contributed by atoms with Gasteiger partial charge in [0.2, 0.25) is 0 Å². The van der Waals surface area contributed by atoms with Crippen molar-refractivity contribution in [3.8, 4) is 0 Å². The Morgan fingerprint density at radius 3 is 0.935 bits per heavy atom. The molecular weight excluding hydrogens is 409 g/mol. The third-order valence-corrected chi connectivity index (χ3v) is 5.15. The van der Waals surface area contributed by atoms with Crippen LogP contribution in [0.25, 0.3) is 0 Å². The first kappa shape index (κ1) is 35.2. The molecule has 6 nitrogen and oxygen atoms in total. The van der Waals surface area contributed by atoms with Gasteiger partial charge in [-0.15, -0.1) is 0 Å². The van der Waals surface area contributed by atoms with E-state index in [1.54, 1.807) is 0 Å². The van der Waals surface area contributed by atoms with E-state index < -0.39 is 11.9 Å². The van der Waals surface area contributed by atoms with Crippen LogP contribution in [-0.4, -0.2) is 35.0 Å². The molecule has 0 spiro atoms. The van der Waals surface area contributed by atoms with Gasteiger partial charge in [-0.25, -0.2) is 0 Å². The maximum atomic E-state index is 10.5. The summed E-state index contributed by atoms with van der Waals surface area (Å²) >= 11 is 0. The number of hydrogen-bond donors (Lipinski definition) is 0. The molecule has 0 saturated heterocycles. The van der Waals surface area contributed by atoms with Gasteiger partial charge < -0.3 is 20.3 Å². The molecule has 0 aliphatic rings. The van der Waals surface area contributed by atoms with E-state index in [1.165, 1.54) is 77.0 Å². The van der Waals surface area contributed by atoms with Crippen LogP contribution < -0.4 is 10.5 Å². The third-order valence-electron chi connectivity index (χ3n) is 5.15. The smallest absolute Gasteiger partial charge is 0.662 e. The minimum absolute atomic E-state index is 0. The monoisotopic (exact) mass is 454 g/mol. The molecule has 0 rings (SSSR count). The van der Waals surface area contributed by atoms with Crippen LogP contribution in [0.3, 0.4) is 0 Å². The zero-order chi connectivity index (χ0) is 22.7. The third kappa shape index (κ3) is 34.4. The Morgan fingerprint density at radius 2 is 0.710 bits per heavy atom. The Kier molecular flexibility index (Phi) is 36.1. The summed E-state index contributed by atoms with van der Waals surface area (Å²) < 4.78 is 0. The van der Waals surface area contributed by atoms with Crippen LogP contribution >= 0.6 is 0 Å². The first-order valence-electron chi connectivity index (χ1n) is 12.3. The van der Waals surface area contributed by atoms with Crippen molar-refractivity contribution in [2.45, 2.75) is 142 Å². The predicted octanol–water partition coefficient (Wildman–Crippen LogP) is 5.07. The predicted molar refractivity (Wildman–Crippen MR) is 122 cm³/mol.